The van der Waals surface area contributed by atoms with Gasteiger partial charge in [0.25, 0.3) is 0 Å². The van der Waals surface area contributed by atoms with Crippen LogP contribution < -0.4 is 5.32 Å². The first-order valence-electron chi connectivity index (χ1n) is 8.67. The minimum Gasteiger partial charge on any atom is -0.314 e. The van der Waals surface area contributed by atoms with Crippen molar-refractivity contribution in [2.75, 3.05) is 6.54 Å². The van der Waals surface area contributed by atoms with Crippen molar-refractivity contribution in [3.63, 3.8) is 0 Å². The molecule has 1 aromatic rings. The normalized spacial score (nSPS) is 26.9. The summed E-state index contributed by atoms with van der Waals surface area (Å²) in [7, 11) is 0. The average molecular weight is 287 g/mol. The van der Waals surface area contributed by atoms with E-state index in [1.807, 2.05) is 0 Å². The summed E-state index contributed by atoms with van der Waals surface area (Å²) in [6.45, 7) is 15.1. The van der Waals surface area contributed by atoms with Crippen LogP contribution in [-0.4, -0.2) is 12.6 Å². The minimum atomic E-state index is 0.239. The van der Waals surface area contributed by atoms with E-state index in [0.29, 0.717) is 6.04 Å². The van der Waals surface area contributed by atoms with E-state index in [1.165, 1.54) is 30.4 Å². The summed E-state index contributed by atoms with van der Waals surface area (Å²) in [4.78, 5) is 0. The molecule has 1 fully saturated rings. The summed E-state index contributed by atoms with van der Waals surface area (Å²) in [6, 6.07) is 7.60. The number of hydrogen-bond donors (Lipinski definition) is 1. The zero-order valence-corrected chi connectivity index (χ0v) is 14.8. The van der Waals surface area contributed by atoms with E-state index < -0.39 is 0 Å². The lowest BCUT2D eigenvalue weighted by Gasteiger charge is -2.45. The lowest BCUT2D eigenvalue weighted by atomic mass is 9.63. The fourth-order valence-corrected chi connectivity index (χ4v) is 4.36. The summed E-state index contributed by atoms with van der Waals surface area (Å²) in [5.41, 5.74) is 4.61. The second-order valence-corrected chi connectivity index (χ2v) is 7.73. The van der Waals surface area contributed by atoms with Gasteiger partial charge < -0.3 is 5.32 Å². The summed E-state index contributed by atoms with van der Waals surface area (Å²) in [5.74, 6) is 1.59. The van der Waals surface area contributed by atoms with Crippen molar-refractivity contribution in [3.05, 3.63) is 34.9 Å². The highest BCUT2D eigenvalue weighted by molar-refractivity contribution is 5.37. The van der Waals surface area contributed by atoms with Crippen LogP contribution in [-0.2, 0) is 5.41 Å². The first-order valence-corrected chi connectivity index (χ1v) is 8.67. The molecule has 1 N–H and O–H groups in total. The predicted molar refractivity (Wildman–Crippen MR) is 92.9 cm³/mol. The lowest BCUT2D eigenvalue weighted by molar-refractivity contribution is 0.146. The first kappa shape index (κ1) is 16.5. The van der Waals surface area contributed by atoms with Crippen LogP contribution >= 0.6 is 0 Å². The van der Waals surface area contributed by atoms with Gasteiger partial charge >= 0.3 is 0 Å². The molecule has 1 saturated carbocycles. The van der Waals surface area contributed by atoms with Gasteiger partial charge in [0.15, 0.2) is 0 Å². The van der Waals surface area contributed by atoms with Gasteiger partial charge in [0.1, 0.15) is 0 Å². The van der Waals surface area contributed by atoms with Crippen LogP contribution in [0.3, 0.4) is 0 Å². The van der Waals surface area contributed by atoms with E-state index in [1.54, 1.807) is 5.56 Å². The third-order valence-electron chi connectivity index (χ3n) is 5.59. The number of rotatable bonds is 4. The molecule has 1 heteroatoms. The highest BCUT2D eigenvalue weighted by atomic mass is 14.9. The molecule has 0 radical (unpaired) electrons. The van der Waals surface area contributed by atoms with E-state index in [9.17, 15) is 0 Å². The molecular weight excluding hydrogens is 254 g/mol. The van der Waals surface area contributed by atoms with Gasteiger partial charge in [-0.1, -0.05) is 57.9 Å². The Bertz CT molecular complexity index is 475. The van der Waals surface area contributed by atoms with Crippen LogP contribution in [0, 0.1) is 25.7 Å². The third-order valence-corrected chi connectivity index (χ3v) is 5.59. The van der Waals surface area contributed by atoms with Crippen LogP contribution in [0.2, 0.25) is 0 Å². The highest BCUT2D eigenvalue weighted by Gasteiger charge is 2.40. The molecule has 1 aromatic carbocycles. The number of nitrogens with one attached hydrogen (secondary N) is 1. The maximum atomic E-state index is 3.77. The molecule has 21 heavy (non-hydrogen) atoms. The number of benzene rings is 1. The van der Waals surface area contributed by atoms with Crippen molar-refractivity contribution in [2.24, 2.45) is 11.8 Å². The summed E-state index contributed by atoms with van der Waals surface area (Å²) < 4.78 is 0. The SMILES string of the molecule is CCNC1CC(C)CCC1C(C)(C)c1cc(C)ccc1C. The molecule has 2 rings (SSSR count). The molecule has 1 nitrogen and oxygen atoms in total. The van der Waals surface area contributed by atoms with Crippen molar-refractivity contribution in [1.82, 2.24) is 5.32 Å². The predicted octanol–water partition coefficient (Wildman–Crippen LogP) is 5.00. The molecule has 0 saturated heterocycles. The zero-order valence-electron chi connectivity index (χ0n) is 14.8. The molecule has 118 valence electrons. The maximum absolute atomic E-state index is 3.77. The van der Waals surface area contributed by atoms with Gasteiger partial charge in [-0.3, -0.25) is 0 Å². The average Bonchev–Trinajstić information content (AvgIpc) is 2.41. The van der Waals surface area contributed by atoms with Crippen molar-refractivity contribution >= 4 is 0 Å². The fraction of sp³-hybridized carbons (Fsp3) is 0.700. The van der Waals surface area contributed by atoms with E-state index in [-0.39, 0.29) is 5.41 Å². The van der Waals surface area contributed by atoms with Gasteiger partial charge in [-0.25, -0.2) is 0 Å². The van der Waals surface area contributed by atoms with Gasteiger partial charge in [0, 0.05) is 6.04 Å². The Morgan fingerprint density at radius 3 is 2.57 bits per heavy atom. The monoisotopic (exact) mass is 287 g/mol. The lowest BCUT2D eigenvalue weighted by Crippen LogP contribution is -2.48. The Morgan fingerprint density at radius 1 is 1.19 bits per heavy atom. The molecule has 1 aliphatic rings. The minimum absolute atomic E-state index is 0.239. The van der Waals surface area contributed by atoms with Gasteiger partial charge in [-0.2, -0.15) is 0 Å². The number of aryl methyl sites for hydroxylation is 2. The van der Waals surface area contributed by atoms with Crippen molar-refractivity contribution < 1.29 is 0 Å². The van der Waals surface area contributed by atoms with Crippen molar-refractivity contribution in [1.29, 1.82) is 0 Å². The fourth-order valence-electron chi connectivity index (χ4n) is 4.36. The maximum Gasteiger partial charge on any atom is 0.0106 e. The van der Waals surface area contributed by atoms with Gasteiger partial charge in [-0.15, -0.1) is 0 Å². The Kier molecular flexibility index (Phi) is 5.14. The van der Waals surface area contributed by atoms with Gasteiger partial charge in [-0.05, 0) is 61.6 Å². The molecule has 0 bridgehead atoms. The van der Waals surface area contributed by atoms with Crippen LogP contribution in [0.4, 0.5) is 0 Å². The molecule has 3 unspecified atom stereocenters. The molecule has 0 amide bonds. The van der Waals surface area contributed by atoms with E-state index in [0.717, 1.165) is 18.4 Å². The third kappa shape index (κ3) is 3.51. The van der Waals surface area contributed by atoms with E-state index in [4.69, 9.17) is 0 Å². The quantitative estimate of drug-likeness (QED) is 0.822. The largest absolute Gasteiger partial charge is 0.314 e. The topological polar surface area (TPSA) is 12.0 Å². The highest BCUT2D eigenvalue weighted by Crippen LogP contribution is 2.43. The van der Waals surface area contributed by atoms with E-state index >= 15 is 0 Å². The Hall–Kier alpha value is -0.820. The first-order chi connectivity index (χ1) is 9.86. The number of hydrogen-bond acceptors (Lipinski definition) is 1. The van der Waals surface area contributed by atoms with Gasteiger partial charge in [0.05, 0.1) is 0 Å². The Labute approximate surface area is 131 Å². The van der Waals surface area contributed by atoms with Crippen molar-refractivity contribution in [3.8, 4) is 0 Å². The molecule has 3 atom stereocenters. The van der Waals surface area contributed by atoms with Crippen LogP contribution in [0.25, 0.3) is 0 Å². The summed E-state index contributed by atoms with van der Waals surface area (Å²) in [5, 5.41) is 3.77. The molecule has 0 spiro atoms. The molecule has 1 aliphatic carbocycles. The molecular formula is C20H33N. The van der Waals surface area contributed by atoms with Crippen molar-refractivity contribution in [2.45, 2.75) is 72.3 Å². The van der Waals surface area contributed by atoms with Crippen LogP contribution in [0.5, 0.6) is 0 Å². The van der Waals surface area contributed by atoms with Crippen LogP contribution in [0.15, 0.2) is 18.2 Å². The zero-order chi connectivity index (χ0) is 15.6. The summed E-state index contributed by atoms with van der Waals surface area (Å²) in [6.07, 6.45) is 4.05. The smallest absolute Gasteiger partial charge is 0.0106 e. The molecule has 0 aromatic heterocycles. The molecule has 0 heterocycles. The van der Waals surface area contributed by atoms with E-state index in [2.05, 4.69) is 65.1 Å². The van der Waals surface area contributed by atoms with Crippen LogP contribution in [0.1, 0.15) is 63.6 Å². The Balaban J connectivity index is 2.33. The Morgan fingerprint density at radius 2 is 1.90 bits per heavy atom. The van der Waals surface area contributed by atoms with Gasteiger partial charge in [0.2, 0.25) is 0 Å². The molecule has 0 aliphatic heterocycles. The second kappa shape index (κ2) is 6.52. The second-order valence-electron chi connectivity index (χ2n) is 7.73. The summed E-state index contributed by atoms with van der Waals surface area (Å²) >= 11 is 0. The standard InChI is InChI=1S/C20H33N/c1-7-21-19-13-15(3)9-11-17(19)20(5,6)18-12-14(2)8-10-16(18)4/h8,10,12,15,17,19,21H,7,9,11,13H2,1-6H3.